The van der Waals surface area contributed by atoms with Crippen LogP contribution in [-0.4, -0.2) is 67.6 Å². The number of ether oxygens (including phenoxy) is 1. The summed E-state index contributed by atoms with van der Waals surface area (Å²) < 4.78 is 5.66. The molecular weight excluding hydrogens is 318 g/mol. The summed E-state index contributed by atoms with van der Waals surface area (Å²) >= 11 is 0. The molecule has 3 aliphatic heterocycles. The van der Waals surface area contributed by atoms with E-state index in [0.717, 1.165) is 38.3 Å². The zero-order valence-electron chi connectivity index (χ0n) is 14.7. The Morgan fingerprint density at radius 3 is 2.64 bits per heavy atom. The third-order valence-corrected chi connectivity index (χ3v) is 5.55. The molecule has 2 bridgehead atoms. The van der Waals surface area contributed by atoms with Crippen molar-refractivity contribution in [1.82, 2.24) is 9.80 Å². The molecule has 25 heavy (non-hydrogen) atoms. The number of hydrogen-bond donors (Lipinski definition) is 0. The lowest BCUT2D eigenvalue weighted by Gasteiger charge is -2.29. The van der Waals surface area contributed by atoms with E-state index in [1.54, 1.807) is 0 Å². The minimum atomic E-state index is -0.0704. The normalized spacial score (nSPS) is 27.7. The number of amides is 2. The fourth-order valence-corrected chi connectivity index (χ4v) is 4.08. The summed E-state index contributed by atoms with van der Waals surface area (Å²) in [5.74, 6) is 0.349. The highest BCUT2D eigenvalue weighted by Crippen LogP contribution is 2.24. The van der Waals surface area contributed by atoms with E-state index in [-0.39, 0.29) is 23.8 Å². The largest absolute Gasteiger partial charge is 0.378 e. The monoisotopic (exact) mass is 343 g/mol. The number of hydrogen-bond acceptors (Lipinski definition) is 4. The van der Waals surface area contributed by atoms with Gasteiger partial charge in [0.25, 0.3) is 0 Å². The highest BCUT2D eigenvalue weighted by atomic mass is 16.5. The van der Waals surface area contributed by atoms with E-state index in [1.807, 2.05) is 29.0 Å². The maximum atomic E-state index is 12.4. The van der Waals surface area contributed by atoms with Crippen LogP contribution in [0.2, 0.25) is 0 Å². The molecular formula is C19H25N3O3. The van der Waals surface area contributed by atoms with Crippen LogP contribution in [0.4, 0.5) is 5.69 Å². The molecule has 134 valence electrons. The number of nitrogens with zero attached hydrogens (tertiary/aromatic N) is 3. The molecule has 3 heterocycles. The summed E-state index contributed by atoms with van der Waals surface area (Å²) in [6.45, 7) is 4.36. The Bertz CT molecular complexity index is 660. The molecule has 2 atom stereocenters. The quantitative estimate of drug-likeness (QED) is 0.825. The van der Waals surface area contributed by atoms with Gasteiger partial charge in [-0.05, 0) is 24.1 Å². The van der Waals surface area contributed by atoms with Gasteiger partial charge in [-0.2, -0.15) is 0 Å². The molecule has 3 saturated heterocycles. The Morgan fingerprint density at radius 2 is 1.92 bits per heavy atom. The molecule has 6 nitrogen and oxygen atoms in total. The number of anilines is 1. The first-order valence-electron chi connectivity index (χ1n) is 9.08. The number of benzene rings is 1. The standard InChI is InChI=1S/C19H25N3O3/c1-20-17-11-21(10-15(19(20)24)12-25-13-17)9-14-4-6-16(7-5-14)22-8-2-3-18(22)23/h4-7,15,17H,2-3,8-13H2,1H3/t15-,17+/m1/s1. The maximum Gasteiger partial charge on any atom is 0.229 e. The number of carbonyl (C=O) groups excluding carboxylic acids is 2. The number of carbonyl (C=O) groups is 2. The third-order valence-electron chi connectivity index (χ3n) is 5.55. The molecule has 4 rings (SSSR count). The van der Waals surface area contributed by atoms with Crippen molar-refractivity contribution in [2.24, 2.45) is 5.92 Å². The molecule has 0 radical (unpaired) electrons. The summed E-state index contributed by atoms with van der Waals surface area (Å²) in [5, 5.41) is 0. The smallest absolute Gasteiger partial charge is 0.229 e. The van der Waals surface area contributed by atoms with E-state index in [9.17, 15) is 9.59 Å². The Kier molecular flexibility index (Phi) is 4.48. The molecule has 0 spiro atoms. The van der Waals surface area contributed by atoms with Gasteiger partial charge in [-0.25, -0.2) is 0 Å². The van der Waals surface area contributed by atoms with Crippen molar-refractivity contribution >= 4 is 17.5 Å². The van der Waals surface area contributed by atoms with E-state index >= 15 is 0 Å². The van der Waals surface area contributed by atoms with Crippen LogP contribution in [0.1, 0.15) is 18.4 Å². The van der Waals surface area contributed by atoms with Crippen molar-refractivity contribution in [3.05, 3.63) is 29.8 Å². The third kappa shape index (κ3) is 3.28. The summed E-state index contributed by atoms with van der Waals surface area (Å²) in [7, 11) is 1.89. The minimum absolute atomic E-state index is 0.0704. The van der Waals surface area contributed by atoms with E-state index in [4.69, 9.17) is 4.74 Å². The molecule has 3 aliphatic rings. The Hall–Kier alpha value is -1.92. The summed E-state index contributed by atoms with van der Waals surface area (Å²) in [6, 6.07) is 8.41. The van der Waals surface area contributed by atoms with Crippen molar-refractivity contribution in [1.29, 1.82) is 0 Å². The molecule has 3 fully saturated rings. The fraction of sp³-hybridized carbons (Fsp3) is 0.579. The average Bonchev–Trinajstić information content (AvgIpc) is 2.93. The second-order valence-corrected chi connectivity index (χ2v) is 7.35. The number of rotatable bonds is 3. The second kappa shape index (κ2) is 6.77. The molecule has 0 aliphatic carbocycles. The van der Waals surface area contributed by atoms with Gasteiger partial charge in [-0.1, -0.05) is 12.1 Å². The topological polar surface area (TPSA) is 53.1 Å². The van der Waals surface area contributed by atoms with Gasteiger partial charge in [0, 0.05) is 45.3 Å². The highest BCUT2D eigenvalue weighted by molar-refractivity contribution is 5.95. The molecule has 1 aromatic rings. The van der Waals surface area contributed by atoms with Gasteiger partial charge in [0.15, 0.2) is 0 Å². The van der Waals surface area contributed by atoms with Gasteiger partial charge in [-0.15, -0.1) is 0 Å². The lowest BCUT2D eigenvalue weighted by Crippen LogP contribution is -2.42. The van der Waals surface area contributed by atoms with Gasteiger partial charge >= 0.3 is 0 Å². The summed E-state index contributed by atoms with van der Waals surface area (Å²) in [6.07, 6.45) is 1.60. The van der Waals surface area contributed by atoms with Gasteiger partial charge in [0.2, 0.25) is 11.8 Å². The molecule has 6 heteroatoms. The van der Waals surface area contributed by atoms with Crippen molar-refractivity contribution in [3.63, 3.8) is 0 Å². The number of likely N-dealkylation sites (N-methyl/N-ethyl adjacent to an activating group) is 1. The van der Waals surface area contributed by atoms with Gasteiger partial charge in [0.1, 0.15) is 0 Å². The van der Waals surface area contributed by atoms with E-state index in [0.29, 0.717) is 19.6 Å². The van der Waals surface area contributed by atoms with E-state index in [1.165, 1.54) is 5.56 Å². The SMILES string of the molecule is CN1C(=O)[C@H]2COC[C@@H]1CN(Cc1ccc(N3CCCC3=O)cc1)C2. The zero-order valence-corrected chi connectivity index (χ0v) is 14.7. The molecule has 0 aromatic heterocycles. The van der Waals surface area contributed by atoms with E-state index < -0.39 is 0 Å². The number of fused-ring (bicyclic) bond motifs is 3. The first-order valence-corrected chi connectivity index (χ1v) is 9.08. The van der Waals surface area contributed by atoms with Crippen LogP contribution >= 0.6 is 0 Å². The Labute approximate surface area is 148 Å². The van der Waals surface area contributed by atoms with Crippen molar-refractivity contribution in [2.75, 3.05) is 44.8 Å². The summed E-state index contributed by atoms with van der Waals surface area (Å²) in [4.78, 5) is 30.4. The average molecular weight is 343 g/mol. The first-order chi connectivity index (χ1) is 12.1. The lowest BCUT2D eigenvalue weighted by molar-refractivity contribution is -0.134. The predicted octanol–water partition coefficient (Wildman–Crippen LogP) is 1.10. The first kappa shape index (κ1) is 16.5. The maximum absolute atomic E-state index is 12.4. The van der Waals surface area contributed by atoms with Crippen LogP contribution < -0.4 is 4.90 Å². The zero-order chi connectivity index (χ0) is 17.4. The van der Waals surface area contributed by atoms with E-state index in [2.05, 4.69) is 17.0 Å². The lowest BCUT2D eigenvalue weighted by atomic mass is 10.1. The molecule has 0 N–H and O–H groups in total. The molecule has 0 unspecified atom stereocenters. The van der Waals surface area contributed by atoms with Crippen molar-refractivity contribution in [3.8, 4) is 0 Å². The van der Waals surface area contributed by atoms with Gasteiger partial charge in [0.05, 0.1) is 25.2 Å². The van der Waals surface area contributed by atoms with Gasteiger partial charge in [-0.3, -0.25) is 14.5 Å². The highest BCUT2D eigenvalue weighted by Gasteiger charge is 2.37. The van der Waals surface area contributed by atoms with Crippen LogP contribution in [0, 0.1) is 5.92 Å². The van der Waals surface area contributed by atoms with Crippen LogP contribution in [0.25, 0.3) is 0 Å². The predicted molar refractivity (Wildman–Crippen MR) is 94.2 cm³/mol. The van der Waals surface area contributed by atoms with Gasteiger partial charge < -0.3 is 14.5 Å². The summed E-state index contributed by atoms with van der Waals surface area (Å²) in [5.41, 5.74) is 2.20. The van der Waals surface area contributed by atoms with Crippen molar-refractivity contribution in [2.45, 2.75) is 25.4 Å². The van der Waals surface area contributed by atoms with Crippen LogP contribution in [0.3, 0.4) is 0 Å². The van der Waals surface area contributed by atoms with Crippen LogP contribution in [0.5, 0.6) is 0 Å². The van der Waals surface area contributed by atoms with Crippen LogP contribution in [0.15, 0.2) is 24.3 Å². The molecule has 2 amide bonds. The molecule has 1 aromatic carbocycles. The van der Waals surface area contributed by atoms with Crippen molar-refractivity contribution < 1.29 is 14.3 Å². The van der Waals surface area contributed by atoms with Crippen LogP contribution in [-0.2, 0) is 20.9 Å². The molecule has 0 saturated carbocycles. The Balaban J connectivity index is 1.45. The minimum Gasteiger partial charge on any atom is -0.378 e. The fourth-order valence-electron chi connectivity index (χ4n) is 4.08. The second-order valence-electron chi connectivity index (χ2n) is 7.35. The Morgan fingerprint density at radius 1 is 1.12 bits per heavy atom.